The van der Waals surface area contributed by atoms with Crippen molar-refractivity contribution in [3.05, 3.63) is 23.4 Å². The lowest BCUT2D eigenvalue weighted by molar-refractivity contribution is 0.0694. The van der Waals surface area contributed by atoms with E-state index in [0.29, 0.717) is 17.4 Å². The maximum atomic E-state index is 9.72. The summed E-state index contributed by atoms with van der Waals surface area (Å²) >= 11 is 5.05. The van der Waals surface area contributed by atoms with Gasteiger partial charge in [-0.1, -0.05) is 12.2 Å². The first kappa shape index (κ1) is 14.8. The minimum atomic E-state index is -0.582. The quantitative estimate of drug-likeness (QED) is 0.731. The van der Waals surface area contributed by atoms with E-state index in [1.165, 1.54) is 0 Å². The molecule has 0 bridgehead atoms. The van der Waals surface area contributed by atoms with Gasteiger partial charge in [-0.2, -0.15) is 0 Å². The van der Waals surface area contributed by atoms with Gasteiger partial charge >= 0.3 is 0 Å². The number of thiocarbonyl (C=S) groups is 1. The van der Waals surface area contributed by atoms with Crippen LogP contribution in [0.2, 0.25) is 0 Å². The second kappa shape index (κ2) is 6.63. The molecule has 1 atom stereocenters. The Morgan fingerprint density at radius 1 is 1.67 bits per heavy atom. The van der Waals surface area contributed by atoms with Crippen molar-refractivity contribution >= 4 is 23.0 Å². The number of aromatic nitrogens is 1. The number of aryl methyl sites for hydroxylation is 1. The van der Waals surface area contributed by atoms with Gasteiger partial charge in [0.2, 0.25) is 0 Å². The molecule has 100 valence electrons. The van der Waals surface area contributed by atoms with Crippen LogP contribution in [0.25, 0.3) is 0 Å². The summed E-state index contributed by atoms with van der Waals surface area (Å²) in [6.07, 6.45) is 1.12. The van der Waals surface area contributed by atoms with Gasteiger partial charge < -0.3 is 20.5 Å². The van der Waals surface area contributed by atoms with Crippen LogP contribution < -0.4 is 10.6 Å². The lowest BCUT2D eigenvalue weighted by Crippen LogP contribution is -2.34. The summed E-state index contributed by atoms with van der Waals surface area (Å²) in [7, 11) is 3.39. The first-order chi connectivity index (χ1) is 8.47. The van der Waals surface area contributed by atoms with Crippen molar-refractivity contribution in [1.82, 2.24) is 4.98 Å². The summed E-state index contributed by atoms with van der Waals surface area (Å²) in [6, 6.07) is 1.86. The fraction of sp³-hybridized carbons (Fsp3) is 0.500. The third kappa shape index (κ3) is 3.63. The van der Waals surface area contributed by atoms with Gasteiger partial charge in [0.25, 0.3) is 0 Å². The molecule has 0 aliphatic heterocycles. The number of hydrogen-bond donors (Lipinski definition) is 2. The number of nitrogens with zero attached hydrogens (tertiary/aromatic N) is 2. The van der Waals surface area contributed by atoms with Crippen LogP contribution in [0.15, 0.2) is 12.3 Å². The third-order valence-corrected chi connectivity index (χ3v) is 2.80. The third-order valence-electron chi connectivity index (χ3n) is 2.59. The number of methoxy groups -OCH3 is 1. The molecule has 0 amide bonds. The number of nitrogens with two attached hydrogens (primary N) is 1. The fourth-order valence-electron chi connectivity index (χ4n) is 1.79. The zero-order valence-corrected chi connectivity index (χ0v) is 11.7. The van der Waals surface area contributed by atoms with Gasteiger partial charge in [-0.25, -0.2) is 4.98 Å². The number of rotatable bonds is 6. The summed E-state index contributed by atoms with van der Waals surface area (Å²) in [5.74, 6) is 0.678. The van der Waals surface area contributed by atoms with Crippen LogP contribution in [0.5, 0.6) is 0 Å². The fourth-order valence-corrected chi connectivity index (χ4v) is 2.04. The van der Waals surface area contributed by atoms with E-state index in [9.17, 15) is 5.11 Å². The van der Waals surface area contributed by atoms with Crippen LogP contribution in [0.1, 0.15) is 11.1 Å². The molecule has 6 heteroatoms. The molecular formula is C12H19N3O2S. The van der Waals surface area contributed by atoms with E-state index in [-0.39, 0.29) is 6.61 Å². The smallest absolute Gasteiger partial charge is 0.138 e. The summed E-state index contributed by atoms with van der Waals surface area (Å²) in [5.41, 5.74) is 7.44. The monoisotopic (exact) mass is 269 g/mol. The van der Waals surface area contributed by atoms with Crippen molar-refractivity contribution in [2.24, 2.45) is 5.73 Å². The van der Waals surface area contributed by atoms with Gasteiger partial charge in [0.15, 0.2) is 0 Å². The number of ether oxygens (including phenoxy) is 1. The number of anilines is 1. The number of aliphatic hydroxyl groups is 1. The number of likely N-dealkylation sites (N-methyl/N-ethyl adjacent to an activating group) is 1. The molecule has 0 fully saturated rings. The SMILES string of the molecule is COCC(O)CN(C)c1nccc(C)c1C(N)=S. The van der Waals surface area contributed by atoms with E-state index >= 15 is 0 Å². The van der Waals surface area contributed by atoms with Crippen molar-refractivity contribution in [2.75, 3.05) is 32.2 Å². The molecule has 1 heterocycles. The molecule has 5 nitrogen and oxygen atoms in total. The number of pyridine rings is 1. The summed E-state index contributed by atoms with van der Waals surface area (Å²) < 4.78 is 4.89. The Labute approximate surface area is 113 Å². The summed E-state index contributed by atoms with van der Waals surface area (Å²) in [5, 5.41) is 9.72. The van der Waals surface area contributed by atoms with Crippen molar-refractivity contribution in [1.29, 1.82) is 0 Å². The first-order valence-electron chi connectivity index (χ1n) is 5.61. The highest BCUT2D eigenvalue weighted by molar-refractivity contribution is 7.80. The van der Waals surface area contributed by atoms with Gasteiger partial charge in [-0.05, 0) is 18.6 Å². The molecule has 1 aromatic heterocycles. The van der Waals surface area contributed by atoms with Crippen LogP contribution in [-0.2, 0) is 4.74 Å². The highest BCUT2D eigenvalue weighted by Crippen LogP contribution is 2.19. The van der Waals surface area contributed by atoms with Crippen molar-refractivity contribution in [3.8, 4) is 0 Å². The molecule has 18 heavy (non-hydrogen) atoms. The standard InChI is InChI=1S/C12H19N3O2S/c1-8-4-5-14-12(10(8)11(13)18)15(2)6-9(16)7-17-3/h4-5,9,16H,6-7H2,1-3H3,(H2,13,18). The van der Waals surface area contributed by atoms with Gasteiger partial charge in [-0.3, -0.25) is 0 Å². The normalized spacial score (nSPS) is 12.2. The molecule has 0 aliphatic carbocycles. The van der Waals surface area contributed by atoms with E-state index in [4.69, 9.17) is 22.7 Å². The highest BCUT2D eigenvalue weighted by Gasteiger charge is 2.16. The Bertz CT molecular complexity index is 426. The molecule has 0 aliphatic rings. The van der Waals surface area contributed by atoms with E-state index < -0.39 is 6.10 Å². The van der Waals surface area contributed by atoms with Crippen molar-refractivity contribution in [3.63, 3.8) is 0 Å². The topological polar surface area (TPSA) is 71.6 Å². The first-order valence-corrected chi connectivity index (χ1v) is 6.01. The van der Waals surface area contributed by atoms with E-state index in [1.807, 2.05) is 24.9 Å². The second-order valence-electron chi connectivity index (χ2n) is 4.18. The highest BCUT2D eigenvalue weighted by atomic mass is 32.1. The summed E-state index contributed by atoms with van der Waals surface area (Å²) in [6.45, 7) is 2.61. The van der Waals surface area contributed by atoms with Crippen LogP contribution in [0.4, 0.5) is 5.82 Å². The Morgan fingerprint density at radius 2 is 2.33 bits per heavy atom. The minimum absolute atomic E-state index is 0.276. The van der Waals surface area contributed by atoms with E-state index in [0.717, 1.165) is 11.1 Å². The Hall–Kier alpha value is -1.24. The maximum Gasteiger partial charge on any atom is 0.138 e. The Balaban J connectivity index is 2.95. The average Bonchev–Trinajstić information content (AvgIpc) is 2.28. The molecule has 1 unspecified atom stereocenters. The second-order valence-corrected chi connectivity index (χ2v) is 4.62. The molecule has 0 saturated heterocycles. The Kier molecular flexibility index (Phi) is 5.46. The lowest BCUT2D eigenvalue weighted by Gasteiger charge is -2.24. The molecule has 1 aromatic rings. The van der Waals surface area contributed by atoms with Gasteiger partial charge in [0.1, 0.15) is 10.8 Å². The van der Waals surface area contributed by atoms with Crippen LogP contribution in [0.3, 0.4) is 0 Å². The maximum absolute atomic E-state index is 9.72. The molecule has 0 saturated carbocycles. The zero-order chi connectivity index (χ0) is 13.7. The van der Waals surface area contributed by atoms with Crippen LogP contribution in [0, 0.1) is 6.92 Å². The molecule has 3 N–H and O–H groups in total. The van der Waals surface area contributed by atoms with Gasteiger partial charge in [0, 0.05) is 26.9 Å². The predicted molar refractivity (Wildman–Crippen MR) is 76.0 cm³/mol. The van der Waals surface area contributed by atoms with E-state index in [1.54, 1.807) is 13.3 Å². The van der Waals surface area contributed by atoms with Crippen molar-refractivity contribution < 1.29 is 9.84 Å². The molecule has 1 rings (SSSR count). The lowest BCUT2D eigenvalue weighted by atomic mass is 10.1. The van der Waals surface area contributed by atoms with E-state index in [2.05, 4.69) is 4.98 Å². The van der Waals surface area contributed by atoms with Crippen LogP contribution in [-0.4, -0.2) is 48.5 Å². The molecule has 0 aromatic carbocycles. The number of aliphatic hydroxyl groups excluding tert-OH is 1. The largest absolute Gasteiger partial charge is 0.389 e. The van der Waals surface area contributed by atoms with Crippen molar-refractivity contribution in [2.45, 2.75) is 13.0 Å². The minimum Gasteiger partial charge on any atom is -0.389 e. The zero-order valence-electron chi connectivity index (χ0n) is 10.9. The average molecular weight is 269 g/mol. The summed E-state index contributed by atoms with van der Waals surface area (Å²) in [4.78, 5) is 6.41. The molecule has 0 spiro atoms. The predicted octanol–water partition coefficient (Wildman–Crippen LogP) is 0.468. The van der Waals surface area contributed by atoms with Crippen LogP contribution >= 0.6 is 12.2 Å². The number of hydrogen-bond acceptors (Lipinski definition) is 5. The molecule has 0 radical (unpaired) electrons. The molecular weight excluding hydrogens is 250 g/mol. The Morgan fingerprint density at radius 3 is 2.89 bits per heavy atom. The van der Waals surface area contributed by atoms with Gasteiger partial charge in [-0.15, -0.1) is 0 Å². The van der Waals surface area contributed by atoms with Gasteiger partial charge in [0.05, 0.1) is 18.3 Å².